The van der Waals surface area contributed by atoms with E-state index in [0.717, 1.165) is 20.9 Å². The summed E-state index contributed by atoms with van der Waals surface area (Å²) in [6.07, 6.45) is 0. The summed E-state index contributed by atoms with van der Waals surface area (Å²) in [4.78, 5) is 63.7. The molecule has 6 amide bonds. The average Bonchev–Trinajstić information content (AvgIpc) is 2.82. The van der Waals surface area contributed by atoms with Crippen LogP contribution in [0.3, 0.4) is 0 Å². The van der Waals surface area contributed by atoms with Gasteiger partial charge in [-0.25, -0.2) is 9.69 Å². The molecule has 9 heteroatoms. The van der Waals surface area contributed by atoms with Crippen molar-refractivity contribution in [1.82, 2.24) is 14.7 Å². The molecule has 1 saturated heterocycles. The van der Waals surface area contributed by atoms with Crippen LogP contribution >= 0.6 is 0 Å². The Bertz CT molecular complexity index is 844. The molecule has 0 aromatic heterocycles. The summed E-state index contributed by atoms with van der Waals surface area (Å²) in [6.45, 7) is 6.59. The topological polar surface area (TPSA) is 107 Å². The van der Waals surface area contributed by atoms with E-state index in [1.807, 2.05) is 32.0 Å². The number of anilines is 1. The van der Waals surface area contributed by atoms with Crippen LogP contribution in [-0.4, -0.2) is 71.0 Å². The predicted molar refractivity (Wildman–Crippen MR) is 106 cm³/mol. The third-order valence-electron chi connectivity index (χ3n) is 4.53. The molecule has 9 nitrogen and oxygen atoms in total. The van der Waals surface area contributed by atoms with Gasteiger partial charge in [0, 0.05) is 19.3 Å². The van der Waals surface area contributed by atoms with Crippen molar-refractivity contribution in [2.75, 3.05) is 32.0 Å². The van der Waals surface area contributed by atoms with Crippen molar-refractivity contribution in [3.05, 3.63) is 29.3 Å². The lowest BCUT2D eigenvalue weighted by Gasteiger charge is -2.21. The highest BCUT2D eigenvalue weighted by Gasteiger charge is 2.45. The summed E-state index contributed by atoms with van der Waals surface area (Å²) in [6, 6.07) is 4.80. The van der Waals surface area contributed by atoms with Gasteiger partial charge in [-0.2, -0.15) is 0 Å². The van der Waals surface area contributed by atoms with E-state index in [0.29, 0.717) is 10.6 Å². The number of imide groups is 2. The molecule has 1 aromatic carbocycles. The summed E-state index contributed by atoms with van der Waals surface area (Å²) in [5.41, 5.74) is 2.46. The molecule has 1 heterocycles. The zero-order valence-electron chi connectivity index (χ0n) is 17.3. The number of carbonyl (C=O) groups is 5. The molecule has 0 spiro atoms. The number of nitrogens with zero attached hydrogens (tertiary/aromatic N) is 3. The van der Waals surface area contributed by atoms with Gasteiger partial charge in [-0.05, 0) is 30.9 Å². The Hall–Kier alpha value is -3.23. The Morgan fingerprint density at radius 3 is 2.14 bits per heavy atom. The van der Waals surface area contributed by atoms with Crippen molar-refractivity contribution in [3.63, 3.8) is 0 Å². The highest BCUT2D eigenvalue weighted by molar-refractivity contribution is 6.45. The van der Waals surface area contributed by atoms with Crippen molar-refractivity contribution in [1.29, 1.82) is 0 Å². The van der Waals surface area contributed by atoms with Gasteiger partial charge in [-0.3, -0.25) is 24.1 Å². The van der Waals surface area contributed by atoms with Crippen molar-refractivity contribution in [2.24, 2.45) is 5.92 Å². The molecule has 2 rings (SSSR count). The highest BCUT2D eigenvalue weighted by atomic mass is 16.2. The van der Waals surface area contributed by atoms with Gasteiger partial charge in [0.05, 0.1) is 6.54 Å². The van der Waals surface area contributed by atoms with Crippen LogP contribution in [0.2, 0.25) is 0 Å². The highest BCUT2D eigenvalue weighted by Crippen LogP contribution is 2.19. The zero-order valence-corrected chi connectivity index (χ0v) is 17.3. The van der Waals surface area contributed by atoms with Crippen LogP contribution in [0.4, 0.5) is 10.5 Å². The van der Waals surface area contributed by atoms with E-state index in [2.05, 4.69) is 5.32 Å². The van der Waals surface area contributed by atoms with E-state index < -0.39 is 36.2 Å². The number of aryl methyl sites for hydroxylation is 2. The monoisotopic (exact) mass is 402 g/mol. The quantitative estimate of drug-likeness (QED) is 0.544. The largest absolute Gasteiger partial charge is 0.335 e. The van der Waals surface area contributed by atoms with E-state index in [9.17, 15) is 24.0 Å². The maximum absolute atomic E-state index is 12.4. The summed E-state index contributed by atoms with van der Waals surface area (Å²) in [7, 11) is 1.39. The molecule has 0 unspecified atom stereocenters. The van der Waals surface area contributed by atoms with Crippen molar-refractivity contribution in [3.8, 4) is 0 Å². The molecule has 1 aliphatic heterocycles. The van der Waals surface area contributed by atoms with Crippen molar-refractivity contribution >= 4 is 35.3 Å². The third-order valence-corrected chi connectivity index (χ3v) is 4.53. The number of hydrogen-bond acceptors (Lipinski definition) is 5. The Labute approximate surface area is 169 Å². The molecule has 0 radical (unpaired) electrons. The average molecular weight is 402 g/mol. The van der Waals surface area contributed by atoms with Crippen LogP contribution in [0.5, 0.6) is 0 Å². The van der Waals surface area contributed by atoms with E-state index in [4.69, 9.17) is 0 Å². The van der Waals surface area contributed by atoms with Crippen LogP contribution < -0.4 is 5.32 Å². The number of para-hydroxylation sites is 1. The summed E-state index contributed by atoms with van der Waals surface area (Å²) >= 11 is 0. The molecule has 156 valence electrons. The van der Waals surface area contributed by atoms with Crippen LogP contribution in [-0.2, 0) is 19.2 Å². The second-order valence-electron chi connectivity index (χ2n) is 7.55. The maximum Gasteiger partial charge on any atom is 0.334 e. The number of nitrogens with one attached hydrogen (secondary N) is 1. The number of amides is 6. The van der Waals surface area contributed by atoms with Gasteiger partial charge in [-0.1, -0.05) is 32.0 Å². The number of likely N-dealkylation sites (N-methyl/N-ethyl adjacent to an activating group) is 1. The molecule has 29 heavy (non-hydrogen) atoms. The summed E-state index contributed by atoms with van der Waals surface area (Å²) < 4.78 is 0. The lowest BCUT2D eigenvalue weighted by atomic mass is 10.1. The minimum Gasteiger partial charge on any atom is -0.335 e. The van der Waals surface area contributed by atoms with Crippen LogP contribution in [0, 0.1) is 19.8 Å². The van der Waals surface area contributed by atoms with Gasteiger partial charge in [0.25, 0.3) is 0 Å². The van der Waals surface area contributed by atoms with Gasteiger partial charge >= 0.3 is 17.8 Å². The van der Waals surface area contributed by atoms with Crippen LogP contribution in [0.15, 0.2) is 18.2 Å². The minimum absolute atomic E-state index is 0.0115. The fraction of sp³-hybridized carbons (Fsp3) is 0.450. The Balaban J connectivity index is 1.98. The SMILES string of the molecule is Cc1cccc(C)c1NC(=O)CN(C)C(=O)CN1C(=O)C(=O)N(CC(C)C)C1=O. The smallest absolute Gasteiger partial charge is 0.334 e. The van der Waals surface area contributed by atoms with E-state index in [1.54, 1.807) is 13.8 Å². The van der Waals surface area contributed by atoms with Gasteiger partial charge in [0.15, 0.2) is 0 Å². The lowest BCUT2D eigenvalue weighted by Crippen LogP contribution is -2.44. The van der Waals surface area contributed by atoms with E-state index in [-0.39, 0.29) is 19.0 Å². The van der Waals surface area contributed by atoms with E-state index >= 15 is 0 Å². The first-order chi connectivity index (χ1) is 13.5. The molecule has 1 aliphatic rings. The minimum atomic E-state index is -1.03. The Kier molecular flexibility index (Phi) is 6.73. The number of benzene rings is 1. The number of rotatable bonds is 7. The fourth-order valence-corrected chi connectivity index (χ4v) is 2.97. The Morgan fingerprint density at radius 1 is 1.03 bits per heavy atom. The van der Waals surface area contributed by atoms with E-state index in [1.165, 1.54) is 7.05 Å². The lowest BCUT2D eigenvalue weighted by molar-refractivity contribution is -0.145. The molecule has 1 fully saturated rings. The number of urea groups is 1. The number of carbonyl (C=O) groups excluding carboxylic acids is 5. The fourth-order valence-electron chi connectivity index (χ4n) is 2.97. The predicted octanol–water partition coefficient (Wildman–Crippen LogP) is 1.15. The zero-order chi connectivity index (χ0) is 21.9. The van der Waals surface area contributed by atoms with Crippen LogP contribution in [0.25, 0.3) is 0 Å². The van der Waals surface area contributed by atoms with Crippen LogP contribution in [0.1, 0.15) is 25.0 Å². The van der Waals surface area contributed by atoms with Gasteiger partial charge < -0.3 is 10.2 Å². The first-order valence-electron chi connectivity index (χ1n) is 9.30. The number of hydrogen-bond donors (Lipinski definition) is 1. The third kappa shape index (κ3) is 4.98. The second kappa shape index (κ2) is 8.85. The molecule has 0 bridgehead atoms. The summed E-state index contributed by atoms with van der Waals surface area (Å²) in [5.74, 6) is -3.01. The molecule has 0 atom stereocenters. The molecular weight excluding hydrogens is 376 g/mol. The van der Waals surface area contributed by atoms with Gasteiger partial charge in [0.1, 0.15) is 6.54 Å². The Morgan fingerprint density at radius 2 is 1.59 bits per heavy atom. The van der Waals surface area contributed by atoms with Crippen molar-refractivity contribution < 1.29 is 24.0 Å². The molecule has 1 N–H and O–H groups in total. The first kappa shape index (κ1) is 22.1. The summed E-state index contributed by atoms with van der Waals surface area (Å²) in [5, 5.41) is 2.77. The normalized spacial score (nSPS) is 14.1. The van der Waals surface area contributed by atoms with Crippen molar-refractivity contribution in [2.45, 2.75) is 27.7 Å². The maximum atomic E-state index is 12.4. The molecule has 0 saturated carbocycles. The molecule has 1 aromatic rings. The first-order valence-corrected chi connectivity index (χ1v) is 9.30. The second-order valence-corrected chi connectivity index (χ2v) is 7.55. The molecular formula is C20H26N4O5. The standard InChI is InChI=1S/C20H26N4O5/c1-12(2)9-23-18(27)19(28)24(20(23)29)11-16(26)22(5)10-15(25)21-17-13(3)7-6-8-14(17)4/h6-8,12H,9-11H2,1-5H3,(H,21,25). The van der Waals surface area contributed by atoms with Gasteiger partial charge in [-0.15, -0.1) is 0 Å². The van der Waals surface area contributed by atoms with Gasteiger partial charge in [0.2, 0.25) is 11.8 Å². The molecule has 0 aliphatic carbocycles.